The monoisotopic (exact) mass is 239 g/mol. The van der Waals surface area contributed by atoms with Gasteiger partial charge in [0.1, 0.15) is 5.15 Å². The summed E-state index contributed by atoms with van der Waals surface area (Å²) >= 11 is 12.4. The number of rotatable bonds is 1. The van der Waals surface area contributed by atoms with Crippen LogP contribution in [-0.2, 0) is 0 Å². The Hall–Kier alpha value is -0.790. The van der Waals surface area contributed by atoms with E-state index in [0.717, 1.165) is 21.5 Å². The van der Waals surface area contributed by atoms with Gasteiger partial charge in [-0.25, -0.2) is 4.98 Å². The lowest BCUT2D eigenvalue weighted by Gasteiger charge is -2.12. The first-order valence-corrected chi connectivity index (χ1v) is 5.60. The number of halogens is 2. The predicted molar refractivity (Wildman–Crippen MR) is 65.9 cm³/mol. The van der Waals surface area contributed by atoms with Crippen LogP contribution in [0.25, 0.3) is 10.9 Å². The number of hydrogen-bond donors (Lipinski definition) is 0. The molecule has 1 heterocycles. The summed E-state index contributed by atoms with van der Waals surface area (Å²) in [6.07, 6.45) is 0. The van der Waals surface area contributed by atoms with Crippen LogP contribution in [0.5, 0.6) is 0 Å². The molecule has 0 saturated heterocycles. The fourth-order valence-corrected chi connectivity index (χ4v) is 2.57. The van der Waals surface area contributed by atoms with E-state index in [1.165, 1.54) is 0 Å². The maximum atomic E-state index is 6.32. The van der Waals surface area contributed by atoms with E-state index in [0.29, 0.717) is 5.15 Å². The van der Waals surface area contributed by atoms with E-state index in [4.69, 9.17) is 23.2 Å². The first kappa shape index (κ1) is 10.7. The van der Waals surface area contributed by atoms with Gasteiger partial charge in [-0.3, -0.25) is 0 Å². The Morgan fingerprint density at radius 2 is 1.80 bits per heavy atom. The van der Waals surface area contributed by atoms with Gasteiger partial charge >= 0.3 is 0 Å². The minimum absolute atomic E-state index is 0.280. The van der Waals surface area contributed by atoms with Crippen molar-refractivity contribution in [2.75, 3.05) is 0 Å². The van der Waals surface area contributed by atoms with Crippen molar-refractivity contribution >= 4 is 34.1 Å². The zero-order chi connectivity index (χ0) is 11.0. The van der Waals surface area contributed by atoms with Crippen molar-refractivity contribution in [1.82, 2.24) is 4.98 Å². The molecule has 0 atom stereocenters. The van der Waals surface area contributed by atoms with Gasteiger partial charge < -0.3 is 0 Å². The van der Waals surface area contributed by atoms with Crippen LogP contribution >= 0.6 is 23.2 Å². The van der Waals surface area contributed by atoms with Gasteiger partial charge in [0.25, 0.3) is 0 Å². The molecular weight excluding hydrogens is 229 g/mol. The Morgan fingerprint density at radius 3 is 2.47 bits per heavy atom. The average Bonchev–Trinajstić information content (AvgIpc) is 2.17. The highest BCUT2D eigenvalue weighted by Crippen LogP contribution is 2.35. The summed E-state index contributed by atoms with van der Waals surface area (Å²) in [5.41, 5.74) is 1.77. The van der Waals surface area contributed by atoms with Crippen molar-refractivity contribution in [3.05, 3.63) is 40.0 Å². The van der Waals surface area contributed by atoms with E-state index in [9.17, 15) is 0 Å². The summed E-state index contributed by atoms with van der Waals surface area (Å²) in [7, 11) is 0. The maximum absolute atomic E-state index is 6.32. The van der Waals surface area contributed by atoms with E-state index in [1.54, 1.807) is 0 Å². The van der Waals surface area contributed by atoms with Crippen molar-refractivity contribution < 1.29 is 0 Å². The molecule has 1 aromatic carbocycles. The third-order valence-corrected chi connectivity index (χ3v) is 3.09. The molecule has 1 nitrogen and oxygen atoms in total. The second kappa shape index (κ2) is 3.99. The highest BCUT2D eigenvalue weighted by atomic mass is 35.5. The van der Waals surface area contributed by atoms with E-state index < -0.39 is 0 Å². The Labute approximate surface area is 99.0 Å². The molecule has 78 valence electrons. The summed E-state index contributed by atoms with van der Waals surface area (Å²) in [6.45, 7) is 4.12. The van der Waals surface area contributed by atoms with Gasteiger partial charge in [0, 0.05) is 10.9 Å². The van der Waals surface area contributed by atoms with Crippen LogP contribution in [0.4, 0.5) is 0 Å². The normalized spacial score (nSPS) is 11.3. The largest absolute Gasteiger partial charge is 0.236 e. The molecule has 0 unspecified atom stereocenters. The van der Waals surface area contributed by atoms with Gasteiger partial charge in [0.2, 0.25) is 0 Å². The minimum atomic E-state index is 0.280. The Morgan fingerprint density at radius 1 is 1.13 bits per heavy atom. The number of hydrogen-bond acceptors (Lipinski definition) is 1. The summed E-state index contributed by atoms with van der Waals surface area (Å²) in [6, 6.07) is 7.76. The molecule has 0 saturated carbocycles. The highest BCUT2D eigenvalue weighted by Gasteiger charge is 2.14. The van der Waals surface area contributed by atoms with E-state index in [1.807, 2.05) is 24.3 Å². The molecule has 0 aliphatic rings. The second-order valence-electron chi connectivity index (χ2n) is 3.80. The Balaban J connectivity index is 2.84. The highest BCUT2D eigenvalue weighted by molar-refractivity contribution is 6.39. The van der Waals surface area contributed by atoms with Crippen molar-refractivity contribution in [2.45, 2.75) is 19.8 Å². The van der Waals surface area contributed by atoms with E-state index in [-0.39, 0.29) is 5.92 Å². The first-order chi connectivity index (χ1) is 7.11. The van der Waals surface area contributed by atoms with Crippen molar-refractivity contribution in [3.8, 4) is 0 Å². The lowest BCUT2D eigenvalue weighted by molar-refractivity contribution is 0.862. The maximum Gasteiger partial charge on any atom is 0.134 e. The van der Waals surface area contributed by atoms with Crippen molar-refractivity contribution in [2.24, 2.45) is 0 Å². The van der Waals surface area contributed by atoms with E-state index in [2.05, 4.69) is 18.8 Å². The van der Waals surface area contributed by atoms with Crippen LogP contribution in [0.3, 0.4) is 0 Å². The second-order valence-corrected chi connectivity index (χ2v) is 4.54. The van der Waals surface area contributed by atoms with Gasteiger partial charge in [-0.2, -0.15) is 0 Å². The quantitative estimate of drug-likeness (QED) is 0.660. The summed E-state index contributed by atoms with van der Waals surface area (Å²) in [4.78, 5) is 4.34. The number of aromatic nitrogens is 1. The van der Waals surface area contributed by atoms with Crippen molar-refractivity contribution in [1.29, 1.82) is 0 Å². The Bertz CT molecular complexity index is 506. The molecular formula is C12H11Cl2N. The molecule has 0 bridgehead atoms. The van der Waals surface area contributed by atoms with E-state index >= 15 is 0 Å². The van der Waals surface area contributed by atoms with Gasteiger partial charge in [-0.05, 0) is 12.0 Å². The molecule has 0 fully saturated rings. The molecule has 1 aromatic heterocycles. The zero-order valence-electron chi connectivity index (χ0n) is 8.59. The zero-order valence-corrected chi connectivity index (χ0v) is 10.1. The van der Waals surface area contributed by atoms with Crippen LogP contribution in [0.15, 0.2) is 24.3 Å². The number of nitrogens with zero attached hydrogens (tertiary/aromatic N) is 1. The van der Waals surface area contributed by atoms with Crippen LogP contribution in [-0.4, -0.2) is 4.98 Å². The molecule has 0 aliphatic carbocycles. The molecule has 0 N–H and O–H groups in total. The topological polar surface area (TPSA) is 12.9 Å². The predicted octanol–water partition coefficient (Wildman–Crippen LogP) is 4.67. The average molecular weight is 240 g/mol. The van der Waals surface area contributed by atoms with Crippen LogP contribution in [0.1, 0.15) is 25.3 Å². The van der Waals surface area contributed by atoms with Crippen LogP contribution in [0, 0.1) is 0 Å². The number of pyridine rings is 1. The summed E-state index contributed by atoms with van der Waals surface area (Å²) < 4.78 is 0. The fraction of sp³-hybridized carbons (Fsp3) is 0.250. The fourth-order valence-electron chi connectivity index (χ4n) is 1.65. The van der Waals surface area contributed by atoms with Gasteiger partial charge in [0.15, 0.2) is 0 Å². The third-order valence-electron chi connectivity index (χ3n) is 2.40. The van der Waals surface area contributed by atoms with Gasteiger partial charge in [0.05, 0.1) is 10.5 Å². The smallest absolute Gasteiger partial charge is 0.134 e. The van der Waals surface area contributed by atoms with Gasteiger partial charge in [-0.1, -0.05) is 55.2 Å². The molecule has 0 radical (unpaired) electrons. The molecule has 0 aliphatic heterocycles. The van der Waals surface area contributed by atoms with Crippen molar-refractivity contribution in [3.63, 3.8) is 0 Å². The van der Waals surface area contributed by atoms with Crippen LogP contribution < -0.4 is 0 Å². The number of para-hydroxylation sites is 1. The summed E-state index contributed by atoms with van der Waals surface area (Å²) in [5, 5.41) is 2.20. The lowest BCUT2D eigenvalue weighted by Crippen LogP contribution is -1.94. The third kappa shape index (κ3) is 1.82. The molecule has 2 rings (SSSR count). The first-order valence-electron chi connectivity index (χ1n) is 4.85. The van der Waals surface area contributed by atoms with Gasteiger partial charge in [-0.15, -0.1) is 0 Å². The lowest BCUT2D eigenvalue weighted by atomic mass is 10.0. The SMILES string of the molecule is CC(C)c1c(Cl)nc2ccccc2c1Cl. The standard InChI is InChI=1S/C12H11Cl2N/c1-7(2)10-11(13)8-5-3-4-6-9(8)15-12(10)14/h3-7H,1-2H3. The molecule has 15 heavy (non-hydrogen) atoms. The number of benzene rings is 1. The van der Waals surface area contributed by atoms with Crippen LogP contribution in [0.2, 0.25) is 10.2 Å². The minimum Gasteiger partial charge on any atom is -0.236 e. The number of fused-ring (bicyclic) bond motifs is 1. The summed E-state index contributed by atoms with van der Waals surface area (Å²) in [5.74, 6) is 0.280. The molecule has 0 amide bonds. The molecule has 0 spiro atoms. The Kier molecular flexibility index (Phi) is 2.85. The molecule has 2 aromatic rings. The molecule has 3 heteroatoms.